The van der Waals surface area contributed by atoms with Gasteiger partial charge in [0.15, 0.2) is 0 Å². The van der Waals surface area contributed by atoms with E-state index in [9.17, 15) is 9.59 Å². The van der Waals surface area contributed by atoms with Crippen molar-refractivity contribution in [1.29, 1.82) is 0 Å². The van der Waals surface area contributed by atoms with Gasteiger partial charge in [0, 0.05) is 18.4 Å². The molecule has 0 amide bonds. The number of aromatic carboxylic acids is 1. The number of esters is 1. The third-order valence-corrected chi connectivity index (χ3v) is 3.39. The van der Waals surface area contributed by atoms with Gasteiger partial charge in [-0.2, -0.15) is 0 Å². The molecule has 2 rings (SSSR count). The number of carboxylic acid groups (broad SMARTS) is 1. The molecule has 150 valence electrons. The first kappa shape index (κ1) is 22.7. The van der Waals surface area contributed by atoms with Gasteiger partial charge in [-0.3, -0.25) is 0 Å². The Hall–Kier alpha value is -3.32. The molecule has 0 fully saturated rings. The van der Waals surface area contributed by atoms with Crippen LogP contribution in [0.15, 0.2) is 54.6 Å². The van der Waals surface area contributed by atoms with Crippen molar-refractivity contribution in [3.63, 3.8) is 0 Å². The molecule has 0 atom stereocenters. The minimum absolute atomic E-state index is 0.155. The molecule has 0 radical (unpaired) electrons. The van der Waals surface area contributed by atoms with Crippen molar-refractivity contribution in [2.45, 2.75) is 6.92 Å². The first-order chi connectivity index (χ1) is 13.5. The van der Waals surface area contributed by atoms with E-state index >= 15 is 0 Å². The molecule has 0 saturated heterocycles. The van der Waals surface area contributed by atoms with Crippen LogP contribution < -0.4 is 10.5 Å². The Morgan fingerprint density at radius 3 is 2.29 bits per heavy atom. The highest BCUT2D eigenvalue weighted by Gasteiger charge is 2.03. The molecule has 2 aromatic rings. The molecule has 0 aliphatic carbocycles. The van der Waals surface area contributed by atoms with E-state index in [0.29, 0.717) is 18.9 Å². The maximum absolute atomic E-state index is 11.3. The van der Waals surface area contributed by atoms with Crippen LogP contribution in [0.5, 0.6) is 5.75 Å². The highest BCUT2D eigenvalue weighted by molar-refractivity contribution is 5.93. The molecule has 0 unspecified atom stereocenters. The van der Waals surface area contributed by atoms with Crippen LogP contribution in [0.2, 0.25) is 0 Å². The normalized spacial score (nSPS) is 10.1. The minimum Gasteiger partial charge on any atom is -0.497 e. The highest BCUT2D eigenvalue weighted by Crippen LogP contribution is 2.12. The maximum atomic E-state index is 11.3. The van der Waals surface area contributed by atoms with Gasteiger partial charge in [-0.25, -0.2) is 9.59 Å². The second kappa shape index (κ2) is 12.9. The zero-order valence-electron chi connectivity index (χ0n) is 16.0. The number of hydrogen-bond donors (Lipinski definition) is 2. The van der Waals surface area contributed by atoms with Gasteiger partial charge in [-0.1, -0.05) is 24.3 Å². The van der Waals surface area contributed by atoms with Crippen LogP contribution >= 0.6 is 0 Å². The monoisotopic (exact) mass is 387 g/mol. The summed E-state index contributed by atoms with van der Waals surface area (Å²) in [6, 6.07) is 13.8. The fourth-order valence-corrected chi connectivity index (χ4v) is 1.96. The molecule has 0 heterocycles. The predicted octanol–water partition coefficient (Wildman–Crippen LogP) is 3.26. The summed E-state index contributed by atoms with van der Waals surface area (Å²) in [4.78, 5) is 21.7. The Bertz CT molecular complexity index is 771. The Labute approximate surface area is 164 Å². The molecular formula is C21H25NO6. The fourth-order valence-electron chi connectivity index (χ4n) is 1.96. The molecule has 28 heavy (non-hydrogen) atoms. The van der Waals surface area contributed by atoms with Crippen molar-refractivity contribution in [2.24, 2.45) is 0 Å². The molecule has 3 N–H and O–H groups in total. The van der Waals surface area contributed by atoms with Gasteiger partial charge in [0.2, 0.25) is 0 Å². The standard InChI is InChI=1S/C14H18O4.C7H7NO2/c1-3-17-10-11-18-14(15)9-6-12-4-7-13(16-2)8-5-12;8-6-4-2-1-3-5(6)7(9)10/h4-9H,3,10-11H2,1-2H3;1-4H,8H2,(H,9,10). The topological polar surface area (TPSA) is 108 Å². The number of carboxylic acids is 1. The smallest absolute Gasteiger partial charge is 0.337 e. The van der Waals surface area contributed by atoms with Crippen molar-refractivity contribution < 1.29 is 28.9 Å². The van der Waals surface area contributed by atoms with Gasteiger partial charge in [0.05, 0.1) is 19.3 Å². The number of nitrogen functional groups attached to an aromatic ring is 1. The first-order valence-corrected chi connectivity index (χ1v) is 8.62. The molecule has 2 aromatic carbocycles. The van der Waals surface area contributed by atoms with E-state index in [1.165, 1.54) is 12.1 Å². The van der Waals surface area contributed by atoms with Crippen LogP contribution in [0.25, 0.3) is 6.08 Å². The molecule has 0 aliphatic heterocycles. The second-order valence-corrected chi connectivity index (χ2v) is 5.36. The van der Waals surface area contributed by atoms with Gasteiger partial charge >= 0.3 is 11.9 Å². The van der Waals surface area contributed by atoms with Crippen LogP contribution in [-0.2, 0) is 14.3 Å². The van der Waals surface area contributed by atoms with Crippen molar-refractivity contribution in [3.8, 4) is 5.75 Å². The lowest BCUT2D eigenvalue weighted by Gasteiger charge is -2.02. The van der Waals surface area contributed by atoms with Crippen LogP contribution in [0.3, 0.4) is 0 Å². The van der Waals surface area contributed by atoms with E-state index in [4.69, 9.17) is 25.1 Å². The average Bonchev–Trinajstić information content (AvgIpc) is 2.70. The van der Waals surface area contributed by atoms with Crippen molar-refractivity contribution >= 4 is 23.7 Å². The lowest BCUT2D eigenvalue weighted by Crippen LogP contribution is -2.08. The fraction of sp³-hybridized carbons (Fsp3) is 0.238. The van der Waals surface area contributed by atoms with E-state index < -0.39 is 5.97 Å². The van der Waals surface area contributed by atoms with Gasteiger partial charge in [-0.05, 0) is 42.8 Å². The summed E-state index contributed by atoms with van der Waals surface area (Å²) in [7, 11) is 1.61. The van der Waals surface area contributed by atoms with Crippen molar-refractivity contribution in [3.05, 3.63) is 65.7 Å². The molecular weight excluding hydrogens is 362 g/mol. The number of ether oxygens (including phenoxy) is 3. The van der Waals surface area contributed by atoms with Crippen LogP contribution in [0.4, 0.5) is 5.69 Å². The van der Waals surface area contributed by atoms with Crippen LogP contribution in [0, 0.1) is 0 Å². The molecule has 0 bridgehead atoms. The van der Waals surface area contributed by atoms with E-state index in [2.05, 4.69) is 0 Å². The quantitative estimate of drug-likeness (QED) is 0.310. The number of rotatable bonds is 8. The SMILES string of the molecule is CCOCCOC(=O)C=Cc1ccc(OC)cc1.Nc1ccccc1C(=O)O. The zero-order valence-corrected chi connectivity index (χ0v) is 16.0. The summed E-state index contributed by atoms with van der Waals surface area (Å²) in [5.41, 5.74) is 6.71. The van der Waals surface area contributed by atoms with E-state index in [-0.39, 0.29) is 18.1 Å². The largest absolute Gasteiger partial charge is 0.497 e. The van der Waals surface area contributed by atoms with Gasteiger partial charge in [-0.15, -0.1) is 0 Å². The number of anilines is 1. The van der Waals surface area contributed by atoms with Crippen LogP contribution in [0.1, 0.15) is 22.8 Å². The number of carbonyl (C=O) groups is 2. The Morgan fingerprint density at radius 2 is 1.75 bits per heavy atom. The molecule has 7 nitrogen and oxygen atoms in total. The van der Waals surface area contributed by atoms with Crippen molar-refractivity contribution in [2.75, 3.05) is 32.7 Å². The molecule has 7 heteroatoms. The third-order valence-electron chi connectivity index (χ3n) is 3.39. The highest BCUT2D eigenvalue weighted by atomic mass is 16.6. The number of para-hydroxylation sites is 1. The number of benzene rings is 2. The van der Waals surface area contributed by atoms with E-state index in [1.54, 1.807) is 31.4 Å². The van der Waals surface area contributed by atoms with E-state index in [0.717, 1.165) is 11.3 Å². The Morgan fingerprint density at radius 1 is 1.07 bits per heavy atom. The molecule has 0 saturated carbocycles. The van der Waals surface area contributed by atoms with Gasteiger partial charge < -0.3 is 25.1 Å². The van der Waals surface area contributed by atoms with Crippen LogP contribution in [-0.4, -0.2) is 44.0 Å². The van der Waals surface area contributed by atoms with Crippen molar-refractivity contribution in [1.82, 2.24) is 0 Å². The Balaban J connectivity index is 0.000000330. The minimum atomic E-state index is -0.988. The number of hydrogen-bond acceptors (Lipinski definition) is 6. The number of methoxy groups -OCH3 is 1. The van der Waals surface area contributed by atoms with Gasteiger partial charge in [0.25, 0.3) is 0 Å². The zero-order chi connectivity index (χ0) is 20.8. The number of nitrogens with two attached hydrogens (primary N) is 1. The second-order valence-electron chi connectivity index (χ2n) is 5.36. The Kier molecular flexibility index (Phi) is 10.5. The maximum Gasteiger partial charge on any atom is 0.337 e. The average molecular weight is 387 g/mol. The lowest BCUT2D eigenvalue weighted by molar-refractivity contribution is -0.139. The summed E-state index contributed by atoms with van der Waals surface area (Å²) < 4.78 is 15.0. The summed E-state index contributed by atoms with van der Waals surface area (Å²) in [6.45, 7) is 3.23. The lowest BCUT2D eigenvalue weighted by atomic mass is 10.2. The summed E-state index contributed by atoms with van der Waals surface area (Å²) in [5.74, 6) is -0.574. The summed E-state index contributed by atoms with van der Waals surface area (Å²) >= 11 is 0. The summed E-state index contributed by atoms with van der Waals surface area (Å²) in [6.07, 6.45) is 3.09. The third kappa shape index (κ3) is 8.86. The first-order valence-electron chi connectivity index (χ1n) is 8.62. The molecule has 0 aromatic heterocycles. The summed E-state index contributed by atoms with van der Waals surface area (Å²) in [5, 5.41) is 8.49. The predicted molar refractivity (Wildman–Crippen MR) is 107 cm³/mol. The molecule has 0 aliphatic rings. The molecule has 0 spiro atoms. The van der Waals surface area contributed by atoms with E-state index in [1.807, 2.05) is 31.2 Å². The van der Waals surface area contributed by atoms with Gasteiger partial charge in [0.1, 0.15) is 12.4 Å². The number of carbonyl (C=O) groups excluding carboxylic acids is 1.